The molecule has 0 saturated heterocycles. The molecular weight excluding hydrogens is 434 g/mol. The zero-order valence-corrected chi connectivity index (χ0v) is 17.8. The quantitative estimate of drug-likeness (QED) is 0.427. The van der Waals surface area contributed by atoms with Gasteiger partial charge in [-0.25, -0.2) is 13.2 Å². The zero-order valence-electron chi connectivity index (χ0n) is 17.0. The van der Waals surface area contributed by atoms with Crippen molar-refractivity contribution in [3.8, 4) is 5.75 Å². The van der Waals surface area contributed by atoms with E-state index in [-0.39, 0.29) is 22.8 Å². The van der Waals surface area contributed by atoms with Gasteiger partial charge in [0.1, 0.15) is 27.9 Å². The molecule has 0 aliphatic heterocycles. The van der Waals surface area contributed by atoms with Crippen LogP contribution in [0.25, 0.3) is 11.0 Å². The molecule has 1 atom stereocenters. The van der Waals surface area contributed by atoms with Crippen molar-refractivity contribution in [1.29, 1.82) is 0 Å². The molecule has 2 aromatic carbocycles. The average Bonchev–Trinajstić information content (AvgIpc) is 3.33. The Bertz CT molecular complexity index is 1410. The molecule has 0 aliphatic rings. The number of carbonyl (C=O) groups excluding carboxylic acids is 1. The molecule has 4 aromatic rings. The monoisotopic (exact) mass is 453 g/mol. The minimum atomic E-state index is -3.94. The molecule has 8 nitrogen and oxygen atoms in total. The minimum absolute atomic E-state index is 0.0409. The fraction of sp³-hybridized carbons (Fsp3) is 0.130. The van der Waals surface area contributed by atoms with E-state index >= 15 is 0 Å². The summed E-state index contributed by atoms with van der Waals surface area (Å²) < 4.78 is 42.2. The molecule has 0 spiro atoms. The number of nitrogens with one attached hydrogen (secondary N) is 1. The molecular formula is C23H19NO7S. The molecule has 1 N–H and O–H groups in total. The van der Waals surface area contributed by atoms with Crippen LogP contribution in [0.15, 0.2) is 91.5 Å². The molecule has 0 fully saturated rings. The number of hydrogen-bond acceptors (Lipinski definition) is 7. The highest BCUT2D eigenvalue weighted by Crippen LogP contribution is 2.30. The van der Waals surface area contributed by atoms with Crippen LogP contribution in [-0.2, 0) is 9.84 Å². The Hall–Kier alpha value is -3.85. The Morgan fingerprint density at radius 3 is 2.50 bits per heavy atom. The van der Waals surface area contributed by atoms with Gasteiger partial charge in [-0.05, 0) is 48.5 Å². The first kappa shape index (κ1) is 21.4. The predicted octanol–water partition coefficient (Wildman–Crippen LogP) is 3.34. The molecule has 0 aliphatic carbocycles. The van der Waals surface area contributed by atoms with Crippen molar-refractivity contribution in [2.45, 2.75) is 10.1 Å². The molecule has 32 heavy (non-hydrogen) atoms. The van der Waals surface area contributed by atoms with Crippen LogP contribution in [0.3, 0.4) is 0 Å². The first-order chi connectivity index (χ1) is 15.4. The lowest BCUT2D eigenvalue weighted by Gasteiger charge is -2.17. The van der Waals surface area contributed by atoms with E-state index in [4.69, 9.17) is 13.6 Å². The summed E-state index contributed by atoms with van der Waals surface area (Å²) in [5.41, 5.74) is -0.679. The van der Waals surface area contributed by atoms with Crippen LogP contribution in [-0.4, -0.2) is 28.0 Å². The van der Waals surface area contributed by atoms with Crippen LogP contribution >= 0.6 is 0 Å². The molecule has 0 bridgehead atoms. The van der Waals surface area contributed by atoms with Crippen molar-refractivity contribution in [2.24, 2.45) is 0 Å². The zero-order chi connectivity index (χ0) is 22.7. The number of sulfone groups is 1. The number of carbonyl (C=O) groups is 1. The van der Waals surface area contributed by atoms with Gasteiger partial charge in [0.15, 0.2) is 9.84 Å². The maximum absolute atomic E-state index is 13.3. The highest BCUT2D eigenvalue weighted by Gasteiger charge is 2.32. The third-order valence-corrected chi connectivity index (χ3v) is 7.03. The summed E-state index contributed by atoms with van der Waals surface area (Å²) in [5.74, 6) is -0.0764. The van der Waals surface area contributed by atoms with E-state index in [9.17, 15) is 18.0 Å². The second kappa shape index (κ2) is 8.72. The number of amides is 1. The van der Waals surface area contributed by atoms with E-state index < -0.39 is 26.6 Å². The van der Waals surface area contributed by atoms with Crippen molar-refractivity contribution in [3.63, 3.8) is 0 Å². The molecule has 1 unspecified atom stereocenters. The summed E-state index contributed by atoms with van der Waals surface area (Å²) >= 11 is 0. The summed E-state index contributed by atoms with van der Waals surface area (Å²) in [6.07, 6.45) is 1.35. The molecule has 9 heteroatoms. The highest BCUT2D eigenvalue weighted by molar-refractivity contribution is 7.91. The van der Waals surface area contributed by atoms with Crippen LogP contribution in [0, 0.1) is 0 Å². The van der Waals surface area contributed by atoms with Crippen LogP contribution < -0.4 is 15.7 Å². The van der Waals surface area contributed by atoms with Gasteiger partial charge in [-0.15, -0.1) is 0 Å². The van der Waals surface area contributed by atoms with Gasteiger partial charge in [0.05, 0.1) is 18.3 Å². The van der Waals surface area contributed by atoms with Gasteiger partial charge in [-0.1, -0.05) is 18.2 Å². The average molecular weight is 453 g/mol. The van der Waals surface area contributed by atoms with Gasteiger partial charge in [0.25, 0.3) is 5.91 Å². The van der Waals surface area contributed by atoms with Gasteiger partial charge in [-0.2, -0.15) is 0 Å². The third kappa shape index (κ3) is 4.15. The normalized spacial score (nSPS) is 12.4. The predicted molar refractivity (Wildman–Crippen MR) is 116 cm³/mol. The maximum Gasteiger partial charge on any atom is 0.349 e. The fourth-order valence-electron chi connectivity index (χ4n) is 3.27. The second-order valence-corrected chi connectivity index (χ2v) is 9.05. The summed E-state index contributed by atoms with van der Waals surface area (Å²) in [7, 11) is -2.46. The first-order valence-electron chi connectivity index (χ1n) is 9.62. The van der Waals surface area contributed by atoms with Gasteiger partial charge in [-0.3, -0.25) is 4.79 Å². The van der Waals surface area contributed by atoms with Gasteiger partial charge in [0, 0.05) is 11.9 Å². The van der Waals surface area contributed by atoms with Crippen LogP contribution in [0.2, 0.25) is 0 Å². The lowest BCUT2D eigenvalue weighted by Crippen LogP contribution is -2.34. The number of fused-ring (bicyclic) bond motifs is 1. The van der Waals surface area contributed by atoms with E-state index in [1.54, 1.807) is 30.3 Å². The number of furan rings is 1. The summed E-state index contributed by atoms with van der Waals surface area (Å²) in [5, 5.41) is 1.90. The number of hydrogen-bond donors (Lipinski definition) is 1. The second-order valence-electron chi connectivity index (χ2n) is 6.92. The van der Waals surface area contributed by atoms with Crippen LogP contribution in [0.4, 0.5) is 0 Å². The Balaban J connectivity index is 1.62. The topological polar surface area (TPSA) is 116 Å². The fourth-order valence-corrected chi connectivity index (χ4v) is 4.85. The smallest absolute Gasteiger partial charge is 0.349 e. The van der Waals surface area contributed by atoms with Crippen molar-refractivity contribution >= 4 is 26.7 Å². The number of methoxy groups -OCH3 is 1. The Morgan fingerprint density at radius 2 is 1.81 bits per heavy atom. The van der Waals surface area contributed by atoms with Gasteiger partial charge in [0.2, 0.25) is 0 Å². The number of benzene rings is 2. The number of para-hydroxylation sites is 1. The lowest BCUT2D eigenvalue weighted by atomic mass is 10.2. The maximum atomic E-state index is 13.3. The SMILES string of the molecule is COc1ccc(S(=O)(=O)C(CNC(=O)c2cc3ccccc3oc2=O)c2ccco2)cc1. The lowest BCUT2D eigenvalue weighted by molar-refractivity contribution is 0.0949. The van der Waals surface area contributed by atoms with E-state index in [0.717, 1.165) is 0 Å². The van der Waals surface area contributed by atoms with Crippen LogP contribution in [0.5, 0.6) is 5.75 Å². The van der Waals surface area contributed by atoms with Gasteiger partial charge >= 0.3 is 5.63 Å². The van der Waals surface area contributed by atoms with Crippen molar-refractivity contribution in [1.82, 2.24) is 5.32 Å². The van der Waals surface area contributed by atoms with Gasteiger partial charge < -0.3 is 18.9 Å². The number of rotatable bonds is 7. The van der Waals surface area contributed by atoms with Crippen LogP contribution in [0.1, 0.15) is 21.4 Å². The standard InChI is InChI=1S/C23H19NO7S/c1-29-16-8-10-17(11-9-16)32(27,28)21(20-7-4-12-30-20)14-24-22(25)18-13-15-5-2-3-6-19(15)31-23(18)26/h2-13,21H,14H2,1H3,(H,24,25). The van der Waals surface area contributed by atoms with E-state index in [1.165, 1.54) is 49.8 Å². The summed E-state index contributed by atoms with van der Waals surface area (Å²) in [4.78, 5) is 25.0. The van der Waals surface area contributed by atoms with Crippen molar-refractivity contribution in [3.05, 3.63) is 94.7 Å². The Morgan fingerprint density at radius 1 is 1.06 bits per heavy atom. The van der Waals surface area contributed by atoms with Crippen molar-refractivity contribution < 1.29 is 26.8 Å². The molecule has 164 valence electrons. The van der Waals surface area contributed by atoms with E-state index in [0.29, 0.717) is 16.7 Å². The molecule has 0 saturated carbocycles. The Labute approximate surface area is 183 Å². The Kier molecular flexibility index (Phi) is 5.83. The van der Waals surface area contributed by atoms with E-state index in [1.807, 2.05) is 0 Å². The first-order valence-corrected chi connectivity index (χ1v) is 11.2. The van der Waals surface area contributed by atoms with E-state index in [2.05, 4.69) is 5.32 Å². The molecule has 1 amide bonds. The molecule has 4 rings (SSSR count). The number of ether oxygens (including phenoxy) is 1. The minimum Gasteiger partial charge on any atom is -0.497 e. The van der Waals surface area contributed by atoms with Crippen molar-refractivity contribution in [2.75, 3.05) is 13.7 Å². The third-order valence-electron chi connectivity index (χ3n) is 4.96. The molecule has 2 aromatic heterocycles. The largest absolute Gasteiger partial charge is 0.497 e. The molecule has 2 heterocycles. The molecule has 0 radical (unpaired) electrons. The summed E-state index contributed by atoms with van der Waals surface area (Å²) in [6, 6.07) is 17.2. The highest BCUT2D eigenvalue weighted by atomic mass is 32.2. The summed E-state index contributed by atoms with van der Waals surface area (Å²) in [6.45, 7) is -0.313.